The van der Waals surface area contributed by atoms with Gasteiger partial charge in [-0.3, -0.25) is 0 Å². The molecule has 3 heteroatoms. The number of hydrogen-bond donors (Lipinski definition) is 2. The van der Waals surface area contributed by atoms with Crippen molar-refractivity contribution in [1.29, 1.82) is 0 Å². The van der Waals surface area contributed by atoms with Crippen LogP contribution in [0, 0.1) is 6.92 Å². The zero-order valence-corrected chi connectivity index (χ0v) is 10.2. The molecular weight excluding hydrogens is 210 g/mol. The maximum absolute atomic E-state index is 5.61. The SMILES string of the molecule is Cc1[nH]c(N)nc1CCCCc1ccccc1. The quantitative estimate of drug-likeness (QED) is 0.774. The molecule has 0 aliphatic rings. The van der Waals surface area contributed by atoms with Crippen molar-refractivity contribution >= 4 is 5.95 Å². The van der Waals surface area contributed by atoms with Crippen LogP contribution in [0.4, 0.5) is 5.95 Å². The number of benzene rings is 1. The molecule has 0 saturated heterocycles. The third kappa shape index (κ3) is 3.34. The molecule has 0 radical (unpaired) electrons. The summed E-state index contributed by atoms with van der Waals surface area (Å²) in [6.07, 6.45) is 4.49. The van der Waals surface area contributed by atoms with Crippen LogP contribution in [0.25, 0.3) is 0 Å². The lowest BCUT2D eigenvalue weighted by Crippen LogP contribution is -1.92. The lowest BCUT2D eigenvalue weighted by molar-refractivity contribution is 0.722. The van der Waals surface area contributed by atoms with Gasteiger partial charge in [-0.05, 0) is 38.2 Å². The molecule has 2 rings (SSSR count). The molecule has 1 heterocycles. The number of imidazole rings is 1. The van der Waals surface area contributed by atoms with E-state index >= 15 is 0 Å². The van der Waals surface area contributed by atoms with Crippen LogP contribution in [0.3, 0.4) is 0 Å². The Kier molecular flexibility index (Phi) is 3.81. The molecule has 0 amide bonds. The highest BCUT2D eigenvalue weighted by atomic mass is 15.0. The van der Waals surface area contributed by atoms with E-state index in [0.717, 1.165) is 30.7 Å². The van der Waals surface area contributed by atoms with Crippen molar-refractivity contribution in [2.45, 2.75) is 32.6 Å². The summed E-state index contributed by atoms with van der Waals surface area (Å²) in [6.45, 7) is 2.02. The summed E-state index contributed by atoms with van der Waals surface area (Å²) >= 11 is 0. The maximum Gasteiger partial charge on any atom is 0.197 e. The number of nitrogen functional groups attached to an aromatic ring is 1. The van der Waals surface area contributed by atoms with Gasteiger partial charge in [0.1, 0.15) is 0 Å². The van der Waals surface area contributed by atoms with E-state index in [-0.39, 0.29) is 0 Å². The Balaban J connectivity index is 1.75. The number of aromatic amines is 1. The van der Waals surface area contributed by atoms with E-state index in [4.69, 9.17) is 5.73 Å². The van der Waals surface area contributed by atoms with E-state index in [1.807, 2.05) is 6.92 Å². The van der Waals surface area contributed by atoms with Gasteiger partial charge in [-0.1, -0.05) is 30.3 Å². The highest BCUT2D eigenvalue weighted by molar-refractivity contribution is 5.25. The molecule has 0 fully saturated rings. The molecule has 0 bridgehead atoms. The Labute approximate surface area is 102 Å². The molecule has 1 aromatic carbocycles. The Hall–Kier alpha value is -1.77. The van der Waals surface area contributed by atoms with E-state index in [0.29, 0.717) is 5.95 Å². The molecule has 90 valence electrons. The van der Waals surface area contributed by atoms with Crippen LogP contribution < -0.4 is 5.73 Å². The molecule has 2 aromatic rings. The fourth-order valence-corrected chi connectivity index (χ4v) is 2.03. The topological polar surface area (TPSA) is 54.7 Å². The first-order chi connectivity index (χ1) is 8.25. The molecule has 3 nitrogen and oxygen atoms in total. The molecule has 0 saturated carbocycles. The van der Waals surface area contributed by atoms with Gasteiger partial charge in [-0.15, -0.1) is 0 Å². The summed E-state index contributed by atoms with van der Waals surface area (Å²) in [5.74, 6) is 0.528. The standard InChI is InChI=1S/C14H19N3/c1-11-13(17-14(15)16-11)10-6-5-9-12-7-3-2-4-8-12/h2-4,7-8H,5-6,9-10H2,1H3,(H3,15,16,17). The summed E-state index contributed by atoms with van der Waals surface area (Å²) in [5, 5.41) is 0. The smallest absolute Gasteiger partial charge is 0.197 e. The normalized spacial score (nSPS) is 10.6. The zero-order valence-electron chi connectivity index (χ0n) is 10.2. The number of nitrogens with zero attached hydrogens (tertiary/aromatic N) is 1. The second-order valence-corrected chi connectivity index (χ2v) is 4.39. The highest BCUT2D eigenvalue weighted by Gasteiger charge is 2.03. The third-order valence-electron chi connectivity index (χ3n) is 2.98. The van der Waals surface area contributed by atoms with Crippen LogP contribution in [0.2, 0.25) is 0 Å². The summed E-state index contributed by atoms with van der Waals surface area (Å²) in [4.78, 5) is 7.31. The zero-order chi connectivity index (χ0) is 12.1. The van der Waals surface area contributed by atoms with Crippen molar-refractivity contribution in [2.75, 3.05) is 5.73 Å². The fourth-order valence-electron chi connectivity index (χ4n) is 2.03. The average molecular weight is 229 g/mol. The Morgan fingerprint density at radius 3 is 2.47 bits per heavy atom. The van der Waals surface area contributed by atoms with Gasteiger partial charge in [0.2, 0.25) is 0 Å². The first-order valence-electron chi connectivity index (χ1n) is 6.10. The van der Waals surface area contributed by atoms with Gasteiger partial charge < -0.3 is 10.7 Å². The molecule has 0 aliphatic heterocycles. The summed E-state index contributed by atoms with van der Waals surface area (Å²) in [6, 6.07) is 10.6. The van der Waals surface area contributed by atoms with Crippen LogP contribution in [0.15, 0.2) is 30.3 Å². The van der Waals surface area contributed by atoms with Crippen LogP contribution in [-0.2, 0) is 12.8 Å². The van der Waals surface area contributed by atoms with Crippen molar-refractivity contribution in [3.05, 3.63) is 47.3 Å². The van der Waals surface area contributed by atoms with Crippen molar-refractivity contribution in [2.24, 2.45) is 0 Å². The molecular formula is C14H19N3. The van der Waals surface area contributed by atoms with Gasteiger partial charge in [0.25, 0.3) is 0 Å². The van der Waals surface area contributed by atoms with Crippen LogP contribution in [0.1, 0.15) is 29.8 Å². The minimum Gasteiger partial charge on any atom is -0.369 e. The predicted molar refractivity (Wildman–Crippen MR) is 70.8 cm³/mol. The predicted octanol–water partition coefficient (Wildman–Crippen LogP) is 2.87. The number of H-pyrrole nitrogens is 1. The van der Waals surface area contributed by atoms with Gasteiger partial charge in [-0.2, -0.15) is 0 Å². The highest BCUT2D eigenvalue weighted by Crippen LogP contribution is 2.11. The molecule has 17 heavy (non-hydrogen) atoms. The number of rotatable bonds is 5. The maximum atomic E-state index is 5.61. The first kappa shape index (κ1) is 11.7. The van der Waals surface area contributed by atoms with Crippen molar-refractivity contribution in [3.8, 4) is 0 Å². The van der Waals surface area contributed by atoms with Crippen molar-refractivity contribution in [3.63, 3.8) is 0 Å². The Bertz CT molecular complexity index is 460. The molecule has 0 spiro atoms. The third-order valence-corrected chi connectivity index (χ3v) is 2.98. The largest absolute Gasteiger partial charge is 0.369 e. The number of hydrogen-bond acceptors (Lipinski definition) is 2. The minimum atomic E-state index is 0.528. The molecule has 0 unspecified atom stereocenters. The average Bonchev–Trinajstić information content (AvgIpc) is 2.65. The Morgan fingerprint density at radius 2 is 1.82 bits per heavy atom. The molecule has 0 aliphatic carbocycles. The number of anilines is 1. The summed E-state index contributed by atoms with van der Waals surface area (Å²) in [5.41, 5.74) is 9.22. The van der Waals surface area contributed by atoms with Gasteiger partial charge in [0, 0.05) is 5.69 Å². The lowest BCUT2D eigenvalue weighted by Gasteiger charge is -2.01. The van der Waals surface area contributed by atoms with Gasteiger partial charge in [0.15, 0.2) is 5.95 Å². The fraction of sp³-hybridized carbons (Fsp3) is 0.357. The van der Waals surface area contributed by atoms with E-state index in [9.17, 15) is 0 Å². The van der Waals surface area contributed by atoms with E-state index in [1.54, 1.807) is 0 Å². The van der Waals surface area contributed by atoms with Crippen molar-refractivity contribution in [1.82, 2.24) is 9.97 Å². The second-order valence-electron chi connectivity index (χ2n) is 4.39. The second kappa shape index (κ2) is 5.53. The monoisotopic (exact) mass is 229 g/mol. The van der Waals surface area contributed by atoms with Crippen molar-refractivity contribution < 1.29 is 0 Å². The van der Waals surface area contributed by atoms with Crippen LogP contribution >= 0.6 is 0 Å². The number of aromatic nitrogens is 2. The summed E-state index contributed by atoms with van der Waals surface area (Å²) < 4.78 is 0. The number of unbranched alkanes of at least 4 members (excludes halogenated alkanes) is 1. The molecule has 0 atom stereocenters. The van der Waals surface area contributed by atoms with Gasteiger partial charge in [-0.25, -0.2) is 4.98 Å². The Morgan fingerprint density at radius 1 is 1.12 bits per heavy atom. The number of nitrogens with two attached hydrogens (primary N) is 1. The summed E-state index contributed by atoms with van der Waals surface area (Å²) in [7, 11) is 0. The van der Waals surface area contributed by atoms with Crippen LogP contribution in [0.5, 0.6) is 0 Å². The molecule has 3 N–H and O–H groups in total. The van der Waals surface area contributed by atoms with Gasteiger partial charge in [0.05, 0.1) is 5.69 Å². The first-order valence-corrected chi connectivity index (χ1v) is 6.10. The molecule has 1 aromatic heterocycles. The number of nitrogens with one attached hydrogen (secondary N) is 1. The lowest BCUT2D eigenvalue weighted by atomic mass is 10.1. The van der Waals surface area contributed by atoms with Crippen LogP contribution in [-0.4, -0.2) is 9.97 Å². The van der Waals surface area contributed by atoms with Gasteiger partial charge >= 0.3 is 0 Å². The van der Waals surface area contributed by atoms with E-state index < -0.39 is 0 Å². The van der Waals surface area contributed by atoms with E-state index in [2.05, 4.69) is 40.3 Å². The van der Waals surface area contributed by atoms with E-state index in [1.165, 1.54) is 12.0 Å². The minimum absolute atomic E-state index is 0.528. The number of aryl methyl sites for hydroxylation is 3.